The van der Waals surface area contributed by atoms with Crippen molar-refractivity contribution < 1.29 is 8.42 Å². The molecular weight excluding hydrogens is 320 g/mol. The van der Waals surface area contributed by atoms with Gasteiger partial charge in [-0.05, 0) is 37.5 Å². The fraction of sp³-hybridized carbons (Fsp3) is 0.316. The zero-order valence-electron chi connectivity index (χ0n) is 13.9. The Morgan fingerprint density at radius 2 is 1.62 bits per heavy atom. The average Bonchev–Trinajstić information content (AvgIpc) is 3.10. The summed E-state index contributed by atoms with van der Waals surface area (Å²) in [4.78, 5) is 2.34. The lowest BCUT2D eigenvalue weighted by molar-refractivity contribution is 0.510. The number of sulfonamides is 1. The lowest BCUT2D eigenvalue weighted by Crippen LogP contribution is -2.30. The molecule has 0 aliphatic carbocycles. The number of aryl methyl sites for hydroxylation is 1. The SMILES string of the molecule is Cc1ccc(S(=O)(=O)/N=C(/Cc2ccccc2)N2CCCC2)cc1. The second-order valence-electron chi connectivity index (χ2n) is 6.15. The van der Waals surface area contributed by atoms with Crippen LogP contribution in [0.1, 0.15) is 24.0 Å². The molecule has 0 amide bonds. The molecule has 126 valence electrons. The summed E-state index contributed by atoms with van der Waals surface area (Å²) in [6, 6.07) is 16.7. The Bertz CT molecular complexity index is 806. The Kier molecular flexibility index (Phi) is 5.00. The molecule has 2 aromatic rings. The van der Waals surface area contributed by atoms with Crippen LogP contribution in [0.25, 0.3) is 0 Å². The van der Waals surface area contributed by atoms with Crippen LogP contribution in [0.4, 0.5) is 0 Å². The van der Waals surface area contributed by atoms with Gasteiger partial charge >= 0.3 is 0 Å². The monoisotopic (exact) mass is 342 g/mol. The molecule has 1 fully saturated rings. The van der Waals surface area contributed by atoms with Crippen LogP contribution in [0.15, 0.2) is 63.9 Å². The molecule has 1 aliphatic heterocycles. The predicted octanol–water partition coefficient (Wildman–Crippen LogP) is 3.42. The highest BCUT2D eigenvalue weighted by molar-refractivity contribution is 7.90. The molecule has 0 N–H and O–H groups in total. The number of rotatable bonds is 4. The molecule has 2 aromatic carbocycles. The smallest absolute Gasteiger partial charge is 0.283 e. The molecule has 1 saturated heterocycles. The van der Waals surface area contributed by atoms with E-state index < -0.39 is 10.0 Å². The van der Waals surface area contributed by atoms with Gasteiger partial charge in [-0.15, -0.1) is 4.40 Å². The standard InChI is InChI=1S/C19H22N2O2S/c1-16-9-11-18(12-10-16)24(22,23)20-19(21-13-5-6-14-21)15-17-7-3-2-4-8-17/h2-4,7-12H,5-6,13-15H2,1H3/b20-19-. The van der Waals surface area contributed by atoms with E-state index in [0.29, 0.717) is 12.3 Å². The molecule has 0 atom stereocenters. The van der Waals surface area contributed by atoms with Crippen molar-refractivity contribution >= 4 is 15.9 Å². The van der Waals surface area contributed by atoms with Gasteiger partial charge in [0.25, 0.3) is 10.0 Å². The van der Waals surface area contributed by atoms with E-state index in [1.165, 1.54) is 0 Å². The quantitative estimate of drug-likeness (QED) is 0.632. The normalized spacial score (nSPS) is 15.7. The van der Waals surface area contributed by atoms with E-state index >= 15 is 0 Å². The summed E-state index contributed by atoms with van der Waals surface area (Å²) in [6.07, 6.45) is 2.70. The first kappa shape index (κ1) is 16.7. The molecule has 4 nitrogen and oxygen atoms in total. The highest BCUT2D eigenvalue weighted by atomic mass is 32.2. The van der Waals surface area contributed by atoms with Crippen molar-refractivity contribution in [2.75, 3.05) is 13.1 Å². The zero-order chi connectivity index (χ0) is 17.0. The first-order valence-electron chi connectivity index (χ1n) is 8.24. The van der Waals surface area contributed by atoms with Crippen LogP contribution >= 0.6 is 0 Å². The van der Waals surface area contributed by atoms with Crippen molar-refractivity contribution in [3.05, 3.63) is 65.7 Å². The van der Waals surface area contributed by atoms with Gasteiger partial charge in [0.1, 0.15) is 5.84 Å². The summed E-state index contributed by atoms with van der Waals surface area (Å²) in [6.45, 7) is 3.68. The minimum absolute atomic E-state index is 0.248. The molecule has 0 bridgehead atoms. The highest BCUT2D eigenvalue weighted by Crippen LogP contribution is 2.18. The van der Waals surface area contributed by atoms with E-state index in [1.807, 2.05) is 37.3 Å². The molecule has 5 heteroatoms. The van der Waals surface area contributed by atoms with Crippen LogP contribution in [0, 0.1) is 6.92 Å². The molecule has 1 heterocycles. The fourth-order valence-corrected chi connectivity index (χ4v) is 3.90. The van der Waals surface area contributed by atoms with Crippen LogP contribution < -0.4 is 0 Å². The Labute approximate surface area is 143 Å². The van der Waals surface area contributed by atoms with Crippen molar-refractivity contribution in [1.82, 2.24) is 4.90 Å². The average molecular weight is 342 g/mol. The van der Waals surface area contributed by atoms with Crippen LogP contribution in [-0.2, 0) is 16.4 Å². The Morgan fingerprint density at radius 3 is 2.25 bits per heavy atom. The minimum Gasteiger partial charge on any atom is -0.359 e. The van der Waals surface area contributed by atoms with Crippen LogP contribution in [0.5, 0.6) is 0 Å². The van der Waals surface area contributed by atoms with Crippen LogP contribution in [-0.4, -0.2) is 32.2 Å². The van der Waals surface area contributed by atoms with Gasteiger partial charge in [-0.1, -0.05) is 48.0 Å². The number of hydrogen-bond acceptors (Lipinski definition) is 2. The molecule has 0 unspecified atom stereocenters. The summed E-state index contributed by atoms with van der Waals surface area (Å²) >= 11 is 0. The van der Waals surface area contributed by atoms with E-state index in [-0.39, 0.29) is 4.90 Å². The summed E-state index contributed by atoms with van der Waals surface area (Å²) in [7, 11) is -3.69. The van der Waals surface area contributed by atoms with Gasteiger partial charge in [0.2, 0.25) is 0 Å². The summed E-state index contributed by atoms with van der Waals surface area (Å²) in [5, 5.41) is 0. The van der Waals surface area contributed by atoms with Gasteiger partial charge < -0.3 is 4.90 Å². The second kappa shape index (κ2) is 7.18. The molecular formula is C19H22N2O2S. The number of likely N-dealkylation sites (tertiary alicyclic amines) is 1. The topological polar surface area (TPSA) is 49.7 Å². The largest absolute Gasteiger partial charge is 0.359 e. The third-order valence-corrected chi connectivity index (χ3v) is 5.54. The number of hydrogen-bond donors (Lipinski definition) is 0. The molecule has 24 heavy (non-hydrogen) atoms. The molecule has 0 radical (unpaired) electrons. The summed E-state index contributed by atoms with van der Waals surface area (Å²) < 4.78 is 29.6. The molecule has 0 saturated carbocycles. The Hall–Kier alpha value is -2.14. The van der Waals surface area contributed by atoms with Gasteiger partial charge in [-0.25, -0.2) is 0 Å². The third-order valence-electron chi connectivity index (χ3n) is 4.22. The van der Waals surface area contributed by atoms with E-state index in [2.05, 4.69) is 9.30 Å². The number of benzene rings is 2. The van der Waals surface area contributed by atoms with Crippen LogP contribution in [0.2, 0.25) is 0 Å². The predicted molar refractivity (Wildman–Crippen MR) is 96.8 cm³/mol. The van der Waals surface area contributed by atoms with E-state index in [0.717, 1.165) is 37.1 Å². The van der Waals surface area contributed by atoms with E-state index in [1.54, 1.807) is 24.3 Å². The third kappa shape index (κ3) is 4.03. The Balaban J connectivity index is 1.94. The maximum Gasteiger partial charge on any atom is 0.283 e. The second-order valence-corrected chi connectivity index (χ2v) is 7.76. The van der Waals surface area contributed by atoms with Gasteiger partial charge in [-0.3, -0.25) is 0 Å². The minimum atomic E-state index is -3.69. The lowest BCUT2D eigenvalue weighted by Gasteiger charge is -2.20. The molecule has 1 aliphatic rings. The van der Waals surface area contributed by atoms with Crippen molar-refractivity contribution in [3.8, 4) is 0 Å². The van der Waals surface area contributed by atoms with Gasteiger partial charge in [0.05, 0.1) is 4.90 Å². The number of nitrogens with zero attached hydrogens (tertiary/aromatic N) is 2. The van der Waals surface area contributed by atoms with Crippen LogP contribution in [0.3, 0.4) is 0 Å². The zero-order valence-corrected chi connectivity index (χ0v) is 14.7. The van der Waals surface area contributed by atoms with Crippen molar-refractivity contribution in [2.45, 2.75) is 31.1 Å². The Morgan fingerprint density at radius 1 is 1.00 bits per heavy atom. The lowest BCUT2D eigenvalue weighted by atomic mass is 10.1. The first-order chi connectivity index (χ1) is 11.5. The van der Waals surface area contributed by atoms with E-state index in [9.17, 15) is 8.42 Å². The maximum absolute atomic E-state index is 12.7. The van der Waals surface area contributed by atoms with E-state index in [4.69, 9.17) is 0 Å². The first-order valence-corrected chi connectivity index (χ1v) is 9.68. The fourth-order valence-electron chi connectivity index (χ4n) is 2.86. The van der Waals surface area contributed by atoms with Gasteiger partial charge in [0, 0.05) is 19.5 Å². The summed E-state index contributed by atoms with van der Waals surface area (Å²) in [5.41, 5.74) is 2.10. The van der Waals surface area contributed by atoms with Crippen molar-refractivity contribution in [2.24, 2.45) is 4.40 Å². The maximum atomic E-state index is 12.7. The summed E-state index contributed by atoms with van der Waals surface area (Å²) in [5.74, 6) is 0.638. The number of amidine groups is 1. The highest BCUT2D eigenvalue weighted by Gasteiger charge is 2.21. The molecule has 0 spiro atoms. The molecule has 0 aromatic heterocycles. The van der Waals surface area contributed by atoms with Gasteiger partial charge in [-0.2, -0.15) is 8.42 Å². The van der Waals surface area contributed by atoms with Gasteiger partial charge in [0.15, 0.2) is 0 Å². The molecule has 3 rings (SSSR count). The van der Waals surface area contributed by atoms with Crippen molar-refractivity contribution in [3.63, 3.8) is 0 Å². The van der Waals surface area contributed by atoms with Crippen molar-refractivity contribution in [1.29, 1.82) is 0 Å².